The predicted molar refractivity (Wildman–Crippen MR) is 160 cm³/mol. The van der Waals surface area contributed by atoms with Gasteiger partial charge in [0.05, 0.1) is 10.6 Å². The zero-order valence-corrected chi connectivity index (χ0v) is 25.5. The zero-order valence-electron chi connectivity index (χ0n) is 21.6. The van der Waals surface area contributed by atoms with Crippen LogP contribution < -0.4 is 9.62 Å². The van der Waals surface area contributed by atoms with Crippen LogP contribution in [0.5, 0.6) is 0 Å². The normalized spacial score (nSPS) is 12.0. The van der Waals surface area contributed by atoms with Crippen LogP contribution in [0.4, 0.5) is 5.69 Å². The fourth-order valence-corrected chi connectivity index (χ4v) is 6.03. The van der Waals surface area contributed by atoms with Crippen LogP contribution in [0.1, 0.15) is 32.3 Å². The summed E-state index contributed by atoms with van der Waals surface area (Å²) in [6, 6.07) is 18.6. The second-order valence-corrected chi connectivity index (χ2v) is 12.6. The molecular formula is C28H30BrCl2N3O4S. The first-order valence-corrected chi connectivity index (χ1v) is 15.4. The molecule has 0 saturated heterocycles. The van der Waals surface area contributed by atoms with Gasteiger partial charge in [0.2, 0.25) is 11.8 Å². The first-order valence-electron chi connectivity index (χ1n) is 12.4. The second kappa shape index (κ2) is 14.2. The predicted octanol–water partition coefficient (Wildman–Crippen LogP) is 6.28. The van der Waals surface area contributed by atoms with Gasteiger partial charge >= 0.3 is 0 Å². The van der Waals surface area contributed by atoms with Gasteiger partial charge in [-0.05, 0) is 61.4 Å². The molecular weight excluding hydrogens is 625 g/mol. The van der Waals surface area contributed by atoms with Crippen LogP contribution in [0.2, 0.25) is 10.0 Å². The van der Waals surface area contributed by atoms with Gasteiger partial charge in [0.15, 0.2) is 0 Å². The molecule has 1 N–H and O–H groups in total. The van der Waals surface area contributed by atoms with E-state index in [9.17, 15) is 18.0 Å². The van der Waals surface area contributed by atoms with Gasteiger partial charge in [0.25, 0.3) is 10.0 Å². The quantitative estimate of drug-likeness (QED) is 0.233. The molecule has 3 rings (SSSR count). The smallest absolute Gasteiger partial charge is 0.264 e. The standard InChI is InChI=1S/C28H30BrCl2N3O4S/c1-3-4-14-32-28(36)20(2)33(18-21-10-12-22(29)13-11-21)27(35)19-34(25-16-23(30)15-24(31)17-25)39(37,38)26-8-6-5-7-9-26/h5-13,15-17,20H,3-4,14,18-19H2,1-2H3,(H,32,36)/t20-/m1/s1. The van der Waals surface area contributed by atoms with E-state index < -0.39 is 28.5 Å². The SMILES string of the molecule is CCCCNC(=O)[C@@H](C)N(Cc1ccc(Br)cc1)C(=O)CN(c1cc(Cl)cc(Cl)c1)S(=O)(=O)c1ccccc1. The lowest BCUT2D eigenvalue weighted by Gasteiger charge is -2.32. The number of benzene rings is 3. The highest BCUT2D eigenvalue weighted by atomic mass is 79.9. The van der Waals surface area contributed by atoms with Crippen molar-refractivity contribution < 1.29 is 18.0 Å². The Bertz CT molecular complexity index is 1370. The summed E-state index contributed by atoms with van der Waals surface area (Å²) >= 11 is 15.8. The van der Waals surface area contributed by atoms with E-state index in [1.165, 1.54) is 35.2 Å². The second-order valence-electron chi connectivity index (χ2n) is 8.92. The lowest BCUT2D eigenvalue weighted by atomic mass is 10.1. The third-order valence-corrected chi connectivity index (χ3v) is 8.76. The molecule has 1 atom stereocenters. The third-order valence-electron chi connectivity index (χ3n) is 6.01. The maximum absolute atomic E-state index is 13.9. The Hall–Kier alpha value is -2.59. The number of carbonyl (C=O) groups excluding carboxylic acids is 2. The van der Waals surface area contributed by atoms with Crippen LogP contribution in [0, 0.1) is 0 Å². The molecule has 0 heterocycles. The summed E-state index contributed by atoms with van der Waals surface area (Å²) < 4.78 is 29.4. The summed E-state index contributed by atoms with van der Waals surface area (Å²) in [5.74, 6) is -0.885. The molecule has 0 fully saturated rings. The number of anilines is 1. The molecule has 0 spiro atoms. The van der Waals surface area contributed by atoms with Crippen LogP contribution in [-0.2, 0) is 26.2 Å². The van der Waals surface area contributed by atoms with E-state index in [0.29, 0.717) is 6.54 Å². The minimum atomic E-state index is -4.20. The molecule has 0 aromatic heterocycles. The largest absolute Gasteiger partial charge is 0.354 e. The van der Waals surface area contributed by atoms with Gasteiger partial charge in [-0.2, -0.15) is 0 Å². The number of halogens is 3. The van der Waals surface area contributed by atoms with E-state index >= 15 is 0 Å². The van der Waals surface area contributed by atoms with Crippen molar-refractivity contribution in [3.8, 4) is 0 Å². The first-order chi connectivity index (χ1) is 18.5. The van der Waals surface area contributed by atoms with Gasteiger partial charge in [0.1, 0.15) is 12.6 Å². The molecule has 0 saturated carbocycles. The van der Waals surface area contributed by atoms with Gasteiger partial charge in [-0.15, -0.1) is 0 Å². The van der Waals surface area contributed by atoms with Crippen molar-refractivity contribution in [3.63, 3.8) is 0 Å². The number of hydrogen-bond acceptors (Lipinski definition) is 4. The van der Waals surface area contributed by atoms with Crippen molar-refractivity contribution in [2.45, 2.75) is 44.2 Å². The van der Waals surface area contributed by atoms with Gasteiger partial charge in [0, 0.05) is 27.6 Å². The average Bonchev–Trinajstić information content (AvgIpc) is 2.90. The van der Waals surface area contributed by atoms with Crippen molar-refractivity contribution >= 4 is 66.7 Å². The Morgan fingerprint density at radius 2 is 1.59 bits per heavy atom. The van der Waals surface area contributed by atoms with Crippen LogP contribution >= 0.6 is 39.1 Å². The van der Waals surface area contributed by atoms with Crippen LogP contribution in [-0.4, -0.2) is 44.3 Å². The van der Waals surface area contributed by atoms with Crippen molar-refractivity contribution in [2.75, 3.05) is 17.4 Å². The number of sulfonamides is 1. The van der Waals surface area contributed by atoms with Gasteiger partial charge in [-0.3, -0.25) is 13.9 Å². The molecule has 3 aromatic rings. The molecule has 0 aliphatic heterocycles. The van der Waals surface area contributed by atoms with Crippen LogP contribution in [0.3, 0.4) is 0 Å². The van der Waals surface area contributed by atoms with E-state index in [1.54, 1.807) is 25.1 Å². The van der Waals surface area contributed by atoms with Crippen molar-refractivity contribution in [1.29, 1.82) is 0 Å². The number of nitrogens with one attached hydrogen (secondary N) is 1. The van der Waals surface area contributed by atoms with Crippen molar-refractivity contribution in [2.24, 2.45) is 0 Å². The molecule has 3 aromatic carbocycles. The van der Waals surface area contributed by atoms with Crippen molar-refractivity contribution in [1.82, 2.24) is 10.2 Å². The van der Waals surface area contributed by atoms with E-state index in [2.05, 4.69) is 21.2 Å². The minimum Gasteiger partial charge on any atom is -0.354 e. The maximum Gasteiger partial charge on any atom is 0.264 e. The van der Waals surface area contributed by atoms with E-state index in [4.69, 9.17) is 23.2 Å². The monoisotopic (exact) mass is 653 g/mol. The number of nitrogens with zero attached hydrogens (tertiary/aromatic N) is 2. The molecule has 0 radical (unpaired) electrons. The highest BCUT2D eigenvalue weighted by molar-refractivity contribution is 9.10. The van der Waals surface area contributed by atoms with Crippen LogP contribution in [0.25, 0.3) is 0 Å². The summed E-state index contributed by atoms with van der Waals surface area (Å²) in [6.07, 6.45) is 1.71. The summed E-state index contributed by atoms with van der Waals surface area (Å²) in [5, 5.41) is 3.30. The Morgan fingerprint density at radius 1 is 0.974 bits per heavy atom. The summed E-state index contributed by atoms with van der Waals surface area (Å²) in [4.78, 5) is 28.3. The third kappa shape index (κ3) is 8.45. The molecule has 0 unspecified atom stereocenters. The number of carbonyl (C=O) groups is 2. The Labute approximate surface area is 248 Å². The Kier molecular flexibility index (Phi) is 11.2. The highest BCUT2D eigenvalue weighted by Gasteiger charge is 2.32. The fourth-order valence-electron chi connectivity index (χ4n) is 3.84. The lowest BCUT2D eigenvalue weighted by Crippen LogP contribution is -2.51. The molecule has 208 valence electrons. The topological polar surface area (TPSA) is 86.8 Å². The van der Waals surface area contributed by atoms with E-state index in [0.717, 1.165) is 27.2 Å². The number of hydrogen-bond donors (Lipinski definition) is 1. The maximum atomic E-state index is 13.9. The average molecular weight is 655 g/mol. The highest BCUT2D eigenvalue weighted by Crippen LogP contribution is 2.30. The first kappa shape index (κ1) is 30.9. The molecule has 7 nitrogen and oxygen atoms in total. The van der Waals surface area contributed by atoms with Crippen molar-refractivity contribution in [3.05, 3.63) is 92.9 Å². The van der Waals surface area contributed by atoms with Gasteiger partial charge < -0.3 is 10.2 Å². The Balaban J connectivity index is 2.01. The van der Waals surface area contributed by atoms with Gasteiger partial charge in [-0.1, -0.05) is 82.8 Å². The summed E-state index contributed by atoms with van der Waals surface area (Å²) in [7, 11) is -4.20. The lowest BCUT2D eigenvalue weighted by molar-refractivity contribution is -0.139. The molecule has 39 heavy (non-hydrogen) atoms. The Morgan fingerprint density at radius 3 is 2.18 bits per heavy atom. The van der Waals surface area contributed by atoms with E-state index in [1.807, 2.05) is 31.2 Å². The molecule has 11 heteroatoms. The minimum absolute atomic E-state index is 0.00119. The van der Waals surface area contributed by atoms with E-state index in [-0.39, 0.29) is 33.1 Å². The molecule has 0 aliphatic rings. The van der Waals surface area contributed by atoms with Crippen LogP contribution in [0.15, 0.2) is 82.2 Å². The van der Waals surface area contributed by atoms with Gasteiger partial charge in [-0.25, -0.2) is 8.42 Å². The number of rotatable bonds is 12. The fraction of sp³-hybridized carbons (Fsp3) is 0.286. The summed E-state index contributed by atoms with van der Waals surface area (Å²) in [6.45, 7) is 3.66. The summed E-state index contributed by atoms with van der Waals surface area (Å²) in [5.41, 5.74) is 0.913. The molecule has 0 aliphatic carbocycles. The molecule has 0 bridgehead atoms. The number of amides is 2. The zero-order chi connectivity index (χ0) is 28.6. The number of unbranched alkanes of at least 4 members (excludes halogenated alkanes) is 1. The molecule has 2 amide bonds.